The Labute approximate surface area is 193 Å². The van der Waals surface area contributed by atoms with Gasteiger partial charge in [-0.05, 0) is 31.2 Å². The molecule has 9 nitrogen and oxygen atoms in total. The number of sulfonamides is 1. The number of aromatic nitrogens is 4. The fourth-order valence-corrected chi connectivity index (χ4v) is 5.15. The van der Waals surface area contributed by atoms with E-state index < -0.39 is 10.0 Å². The van der Waals surface area contributed by atoms with Gasteiger partial charge in [-0.3, -0.25) is 9.88 Å². The first-order valence-electron chi connectivity index (χ1n) is 10.8. The van der Waals surface area contributed by atoms with Crippen molar-refractivity contribution >= 4 is 15.8 Å². The highest BCUT2D eigenvalue weighted by Gasteiger charge is 2.26. The van der Waals surface area contributed by atoms with Crippen molar-refractivity contribution in [3.8, 4) is 11.3 Å². The number of hydrogen-bond acceptors (Lipinski definition) is 7. The third kappa shape index (κ3) is 4.90. The van der Waals surface area contributed by atoms with Crippen molar-refractivity contribution in [2.75, 3.05) is 51.2 Å². The summed E-state index contributed by atoms with van der Waals surface area (Å²) in [6.07, 6.45) is 4.70. The molecule has 1 aliphatic heterocycles. The topological polar surface area (TPSA) is 87.5 Å². The van der Waals surface area contributed by atoms with Gasteiger partial charge in [0.1, 0.15) is 17.3 Å². The summed E-state index contributed by atoms with van der Waals surface area (Å²) in [6.45, 7) is 5.83. The van der Waals surface area contributed by atoms with E-state index in [2.05, 4.69) is 24.8 Å². The van der Waals surface area contributed by atoms with Crippen LogP contribution in [0.4, 0.5) is 10.2 Å². The molecule has 0 amide bonds. The number of anilines is 1. The molecule has 176 valence electrons. The Bertz CT molecular complexity index is 1210. The summed E-state index contributed by atoms with van der Waals surface area (Å²) in [6, 6.07) is 6.25. The molecule has 0 spiro atoms. The van der Waals surface area contributed by atoms with Gasteiger partial charge < -0.3 is 9.47 Å². The van der Waals surface area contributed by atoms with Crippen LogP contribution in [-0.2, 0) is 17.1 Å². The molecule has 33 heavy (non-hydrogen) atoms. The summed E-state index contributed by atoms with van der Waals surface area (Å²) in [5, 5.41) is 0.197. The molecule has 1 aliphatic rings. The number of aryl methyl sites for hydroxylation is 1. The summed E-state index contributed by atoms with van der Waals surface area (Å²) in [7, 11) is -0.288. The lowest BCUT2D eigenvalue weighted by atomic mass is 10.1. The van der Waals surface area contributed by atoms with E-state index in [0.717, 1.165) is 43.3 Å². The van der Waals surface area contributed by atoms with Gasteiger partial charge in [-0.1, -0.05) is 0 Å². The number of imidazole rings is 1. The van der Waals surface area contributed by atoms with Gasteiger partial charge >= 0.3 is 0 Å². The molecule has 1 saturated heterocycles. The Morgan fingerprint density at radius 2 is 1.70 bits per heavy atom. The summed E-state index contributed by atoms with van der Waals surface area (Å²) in [4.78, 5) is 17.5. The average Bonchev–Trinajstić information content (AvgIpc) is 3.17. The molecule has 0 N–H and O–H groups in total. The Morgan fingerprint density at radius 1 is 1.03 bits per heavy atom. The van der Waals surface area contributed by atoms with Crippen molar-refractivity contribution in [1.82, 2.24) is 28.7 Å². The fraction of sp³-hybridized carbons (Fsp3) is 0.409. The second kappa shape index (κ2) is 9.54. The Morgan fingerprint density at radius 3 is 2.33 bits per heavy atom. The zero-order chi connectivity index (χ0) is 23.6. The third-order valence-corrected chi connectivity index (χ3v) is 7.96. The standard InChI is InChI=1S/C22H28FN7O2S/c1-17-26-16-20(28(17)3)33(31,32)27(2)10-11-29-12-14-30(15-13-29)22-21(24-8-9-25-22)18-4-6-19(23)7-5-18/h4-9,16H,10-15H2,1-3H3. The van der Waals surface area contributed by atoms with Crippen LogP contribution >= 0.6 is 0 Å². The van der Waals surface area contributed by atoms with Crippen LogP contribution in [0.25, 0.3) is 11.3 Å². The van der Waals surface area contributed by atoms with E-state index in [0.29, 0.717) is 18.9 Å². The number of benzene rings is 1. The first-order chi connectivity index (χ1) is 15.8. The molecule has 1 fully saturated rings. The maximum atomic E-state index is 13.3. The highest BCUT2D eigenvalue weighted by atomic mass is 32.2. The van der Waals surface area contributed by atoms with E-state index in [1.165, 1.54) is 22.6 Å². The van der Waals surface area contributed by atoms with E-state index in [1.54, 1.807) is 50.1 Å². The molecule has 3 heterocycles. The van der Waals surface area contributed by atoms with Crippen LogP contribution in [0.15, 0.2) is 47.9 Å². The largest absolute Gasteiger partial charge is 0.352 e. The fourth-order valence-electron chi connectivity index (χ4n) is 3.84. The van der Waals surface area contributed by atoms with Gasteiger partial charge in [0, 0.05) is 71.3 Å². The molecule has 11 heteroatoms. The van der Waals surface area contributed by atoms with Crippen molar-refractivity contribution in [2.24, 2.45) is 7.05 Å². The minimum atomic E-state index is -3.59. The lowest BCUT2D eigenvalue weighted by Gasteiger charge is -2.36. The number of rotatable bonds is 7. The van der Waals surface area contributed by atoms with Crippen molar-refractivity contribution < 1.29 is 12.8 Å². The van der Waals surface area contributed by atoms with E-state index in [1.807, 2.05) is 0 Å². The molecule has 4 rings (SSSR count). The van der Waals surface area contributed by atoms with Crippen LogP contribution < -0.4 is 4.90 Å². The summed E-state index contributed by atoms with van der Waals surface area (Å²) in [5.41, 5.74) is 1.54. The molecule has 0 bridgehead atoms. The van der Waals surface area contributed by atoms with Crippen LogP contribution in [0, 0.1) is 12.7 Å². The zero-order valence-corrected chi connectivity index (χ0v) is 19.8. The van der Waals surface area contributed by atoms with Crippen LogP contribution in [0.1, 0.15) is 5.82 Å². The first kappa shape index (κ1) is 23.3. The molecule has 1 aromatic carbocycles. The van der Waals surface area contributed by atoms with Gasteiger partial charge in [-0.15, -0.1) is 0 Å². The summed E-state index contributed by atoms with van der Waals surface area (Å²) < 4.78 is 42.0. The molecule has 0 radical (unpaired) electrons. The molecule has 0 saturated carbocycles. The Hall–Kier alpha value is -2.89. The van der Waals surface area contributed by atoms with E-state index in [4.69, 9.17) is 0 Å². The molecule has 0 atom stereocenters. The van der Waals surface area contributed by atoms with Crippen LogP contribution in [-0.4, -0.2) is 83.5 Å². The smallest absolute Gasteiger partial charge is 0.260 e. The molecular weight excluding hydrogens is 445 g/mol. The van der Waals surface area contributed by atoms with Crippen molar-refractivity contribution in [3.05, 3.63) is 54.5 Å². The lowest BCUT2D eigenvalue weighted by Crippen LogP contribution is -2.49. The Kier molecular flexibility index (Phi) is 6.73. The van der Waals surface area contributed by atoms with Crippen molar-refractivity contribution in [3.63, 3.8) is 0 Å². The van der Waals surface area contributed by atoms with Gasteiger partial charge in [0.25, 0.3) is 10.0 Å². The second-order valence-corrected chi connectivity index (χ2v) is 10.1. The average molecular weight is 474 g/mol. The van der Waals surface area contributed by atoms with Crippen LogP contribution in [0.2, 0.25) is 0 Å². The maximum Gasteiger partial charge on any atom is 0.260 e. The molecule has 2 aromatic heterocycles. The molecule has 0 unspecified atom stereocenters. The van der Waals surface area contributed by atoms with Crippen LogP contribution in [0.3, 0.4) is 0 Å². The number of likely N-dealkylation sites (N-methyl/N-ethyl adjacent to an activating group) is 1. The normalized spacial score (nSPS) is 15.4. The van der Waals surface area contributed by atoms with Gasteiger partial charge in [-0.2, -0.15) is 4.31 Å². The number of nitrogens with zero attached hydrogens (tertiary/aromatic N) is 7. The van der Waals surface area contributed by atoms with E-state index in [9.17, 15) is 12.8 Å². The number of hydrogen-bond donors (Lipinski definition) is 0. The van der Waals surface area contributed by atoms with Crippen LogP contribution in [0.5, 0.6) is 0 Å². The van der Waals surface area contributed by atoms with Gasteiger partial charge in [-0.25, -0.2) is 22.8 Å². The second-order valence-electron chi connectivity index (χ2n) is 8.09. The van der Waals surface area contributed by atoms with Gasteiger partial charge in [0.15, 0.2) is 10.8 Å². The van der Waals surface area contributed by atoms with Crippen molar-refractivity contribution in [2.45, 2.75) is 11.9 Å². The van der Waals surface area contributed by atoms with Gasteiger partial charge in [0.05, 0.1) is 6.20 Å². The number of piperazine rings is 1. The summed E-state index contributed by atoms with van der Waals surface area (Å²) in [5.74, 6) is 1.14. The van der Waals surface area contributed by atoms with Crippen molar-refractivity contribution in [1.29, 1.82) is 0 Å². The zero-order valence-electron chi connectivity index (χ0n) is 19.0. The quantitative estimate of drug-likeness (QED) is 0.517. The monoisotopic (exact) mass is 473 g/mol. The molecular formula is C22H28FN7O2S. The minimum Gasteiger partial charge on any atom is -0.352 e. The highest BCUT2D eigenvalue weighted by Crippen LogP contribution is 2.27. The predicted molar refractivity (Wildman–Crippen MR) is 124 cm³/mol. The maximum absolute atomic E-state index is 13.3. The van der Waals surface area contributed by atoms with Gasteiger partial charge in [0.2, 0.25) is 0 Å². The van der Waals surface area contributed by atoms with E-state index >= 15 is 0 Å². The molecule has 0 aliphatic carbocycles. The predicted octanol–water partition coefficient (Wildman–Crippen LogP) is 1.77. The SMILES string of the molecule is Cc1ncc(S(=O)(=O)N(C)CCN2CCN(c3nccnc3-c3ccc(F)cc3)CC2)n1C. The van der Waals surface area contributed by atoms with E-state index in [-0.39, 0.29) is 10.8 Å². The highest BCUT2D eigenvalue weighted by molar-refractivity contribution is 7.89. The third-order valence-electron chi connectivity index (χ3n) is 6.05. The minimum absolute atomic E-state index is 0.197. The summed E-state index contributed by atoms with van der Waals surface area (Å²) >= 11 is 0. The lowest BCUT2D eigenvalue weighted by molar-refractivity contribution is 0.243. The first-order valence-corrected chi connectivity index (χ1v) is 12.2. The Balaban J connectivity index is 1.36. The number of halogens is 1. The molecule has 3 aromatic rings.